The van der Waals surface area contributed by atoms with E-state index in [0.29, 0.717) is 11.3 Å². The summed E-state index contributed by atoms with van der Waals surface area (Å²) in [6.07, 6.45) is 11.2. The summed E-state index contributed by atoms with van der Waals surface area (Å²) in [7, 11) is 1.61. The van der Waals surface area contributed by atoms with E-state index in [4.69, 9.17) is 11.2 Å². The van der Waals surface area contributed by atoms with Crippen molar-refractivity contribution in [3.05, 3.63) is 23.0 Å². The van der Waals surface area contributed by atoms with Crippen LogP contribution in [0.1, 0.15) is 32.1 Å². The van der Waals surface area contributed by atoms with Crippen LogP contribution in [0.15, 0.2) is 23.2 Å². The summed E-state index contributed by atoms with van der Waals surface area (Å²) in [5, 5.41) is 3.06. The Morgan fingerprint density at radius 3 is 2.86 bits per heavy atom. The van der Waals surface area contributed by atoms with Crippen LogP contribution in [0.4, 0.5) is 0 Å². The largest absolute Gasteiger partial charge is 0.497 e. The van der Waals surface area contributed by atoms with E-state index < -0.39 is 0 Å². The molecule has 8 heteroatoms. The van der Waals surface area contributed by atoms with Gasteiger partial charge in [-0.05, 0) is 31.0 Å². The smallest absolute Gasteiger partial charge is 0.258 e. The Hall–Kier alpha value is -2.24. The van der Waals surface area contributed by atoms with Gasteiger partial charge in [-0.15, -0.1) is 18.2 Å². The minimum atomic E-state index is -0.273. The van der Waals surface area contributed by atoms with Crippen molar-refractivity contribution >= 4 is 45.1 Å². The van der Waals surface area contributed by atoms with Gasteiger partial charge in [0.15, 0.2) is 4.80 Å². The Balaban J connectivity index is 1.62. The van der Waals surface area contributed by atoms with Gasteiger partial charge in [-0.25, -0.2) is 0 Å². The number of ether oxygens (including phenoxy) is 1. The van der Waals surface area contributed by atoms with Crippen LogP contribution < -0.4 is 14.9 Å². The van der Waals surface area contributed by atoms with Crippen LogP contribution >= 0.6 is 23.1 Å². The zero-order chi connectivity index (χ0) is 20.6. The number of thiazole rings is 1. The molecule has 3 rings (SSSR count). The van der Waals surface area contributed by atoms with E-state index in [1.54, 1.807) is 7.11 Å². The maximum absolute atomic E-state index is 12.3. The summed E-state index contributed by atoms with van der Waals surface area (Å²) in [6, 6.07) is 5.96. The normalized spacial score (nSPS) is 15.2. The molecule has 29 heavy (non-hydrogen) atoms. The zero-order valence-electron chi connectivity index (χ0n) is 16.5. The van der Waals surface area contributed by atoms with E-state index in [-0.39, 0.29) is 29.4 Å². The maximum Gasteiger partial charge on any atom is 0.258 e. The first-order chi connectivity index (χ1) is 14.1. The molecule has 2 amide bonds. The maximum atomic E-state index is 12.3. The quantitative estimate of drug-likeness (QED) is 0.684. The molecule has 0 unspecified atom stereocenters. The number of carbonyl (C=O) groups excluding carboxylic acids is 2. The third kappa shape index (κ3) is 5.87. The molecule has 1 aromatic carbocycles. The zero-order valence-corrected chi connectivity index (χ0v) is 18.1. The molecule has 0 radical (unpaired) electrons. The van der Waals surface area contributed by atoms with Gasteiger partial charge in [0, 0.05) is 6.04 Å². The lowest BCUT2D eigenvalue weighted by Crippen LogP contribution is -2.37. The predicted octanol–water partition coefficient (Wildman–Crippen LogP) is 2.95. The third-order valence-electron chi connectivity index (χ3n) is 4.79. The number of hydrogen-bond acceptors (Lipinski definition) is 5. The first kappa shape index (κ1) is 21.5. The van der Waals surface area contributed by atoms with Gasteiger partial charge in [0.1, 0.15) is 5.75 Å². The van der Waals surface area contributed by atoms with E-state index in [1.807, 2.05) is 22.8 Å². The van der Waals surface area contributed by atoms with E-state index in [1.165, 1.54) is 42.4 Å². The lowest BCUT2D eigenvalue weighted by Gasteiger charge is -2.22. The summed E-state index contributed by atoms with van der Waals surface area (Å²) in [4.78, 5) is 29.2. The molecule has 1 heterocycles. The molecule has 1 fully saturated rings. The molecule has 154 valence electrons. The summed E-state index contributed by atoms with van der Waals surface area (Å²) >= 11 is 2.69. The molecule has 1 aliphatic carbocycles. The number of aromatic nitrogens is 1. The molecule has 0 atom stereocenters. The van der Waals surface area contributed by atoms with Crippen molar-refractivity contribution in [2.24, 2.45) is 4.99 Å². The van der Waals surface area contributed by atoms with Gasteiger partial charge in [0.2, 0.25) is 5.91 Å². The number of thioether (sulfide) groups is 1. The highest BCUT2D eigenvalue weighted by Gasteiger charge is 2.16. The van der Waals surface area contributed by atoms with Gasteiger partial charge in [0.05, 0.1) is 35.4 Å². The van der Waals surface area contributed by atoms with E-state index in [9.17, 15) is 9.59 Å². The molecule has 2 aromatic rings. The number of fused-ring (bicyclic) bond motifs is 1. The lowest BCUT2D eigenvalue weighted by atomic mass is 9.95. The summed E-state index contributed by atoms with van der Waals surface area (Å²) in [6.45, 7) is 0.329. The molecule has 1 saturated carbocycles. The number of nitrogens with one attached hydrogen (secondary N) is 1. The van der Waals surface area contributed by atoms with Crippen LogP contribution in [-0.4, -0.2) is 41.0 Å². The van der Waals surface area contributed by atoms with Crippen LogP contribution in [0.2, 0.25) is 0 Å². The molecule has 1 aromatic heterocycles. The highest BCUT2D eigenvalue weighted by molar-refractivity contribution is 8.00. The number of benzene rings is 1. The fourth-order valence-corrected chi connectivity index (χ4v) is 5.08. The van der Waals surface area contributed by atoms with Crippen molar-refractivity contribution in [3.63, 3.8) is 0 Å². The number of terminal acetylenes is 1. The van der Waals surface area contributed by atoms with E-state index >= 15 is 0 Å². The number of hydrogen-bond donors (Lipinski definition) is 1. The fourth-order valence-electron chi connectivity index (χ4n) is 3.40. The van der Waals surface area contributed by atoms with Gasteiger partial charge < -0.3 is 14.6 Å². The average molecular weight is 432 g/mol. The molecule has 0 aliphatic heterocycles. The van der Waals surface area contributed by atoms with Crippen molar-refractivity contribution in [1.82, 2.24) is 9.88 Å². The van der Waals surface area contributed by atoms with Crippen molar-refractivity contribution in [1.29, 1.82) is 0 Å². The molecule has 1 N–H and O–H groups in total. The second-order valence-corrected chi connectivity index (χ2v) is 8.90. The minimum Gasteiger partial charge on any atom is -0.497 e. The highest BCUT2D eigenvalue weighted by atomic mass is 32.2. The lowest BCUT2D eigenvalue weighted by molar-refractivity contribution is -0.119. The molecular weight excluding hydrogens is 406 g/mol. The Morgan fingerprint density at radius 1 is 1.34 bits per heavy atom. The molecule has 6 nitrogen and oxygen atoms in total. The van der Waals surface area contributed by atoms with Crippen molar-refractivity contribution in [2.75, 3.05) is 18.6 Å². The first-order valence-electron chi connectivity index (χ1n) is 9.66. The van der Waals surface area contributed by atoms with Crippen LogP contribution in [0.25, 0.3) is 10.2 Å². The van der Waals surface area contributed by atoms with Crippen molar-refractivity contribution < 1.29 is 14.3 Å². The molecule has 0 bridgehead atoms. The molecule has 0 spiro atoms. The summed E-state index contributed by atoms with van der Waals surface area (Å²) in [5.74, 6) is 3.50. The number of rotatable bonds is 7. The Kier molecular flexibility index (Phi) is 7.78. The van der Waals surface area contributed by atoms with Crippen LogP contribution in [-0.2, 0) is 16.1 Å². The van der Waals surface area contributed by atoms with Gasteiger partial charge in [-0.1, -0.05) is 36.5 Å². The van der Waals surface area contributed by atoms with Crippen LogP contribution in [0.3, 0.4) is 0 Å². The second-order valence-electron chi connectivity index (χ2n) is 6.91. The number of carbonyl (C=O) groups is 2. The molecule has 0 saturated heterocycles. The summed E-state index contributed by atoms with van der Waals surface area (Å²) < 4.78 is 8.06. The topological polar surface area (TPSA) is 72.7 Å². The predicted molar refractivity (Wildman–Crippen MR) is 118 cm³/mol. The highest BCUT2D eigenvalue weighted by Crippen LogP contribution is 2.23. The Labute approximate surface area is 178 Å². The molecule has 1 aliphatic rings. The fraction of sp³-hybridized carbons (Fsp3) is 0.476. The Morgan fingerprint density at radius 2 is 2.14 bits per heavy atom. The monoisotopic (exact) mass is 431 g/mol. The van der Waals surface area contributed by atoms with Gasteiger partial charge in [0.25, 0.3) is 5.91 Å². The number of nitrogens with zero attached hydrogens (tertiary/aromatic N) is 2. The summed E-state index contributed by atoms with van der Waals surface area (Å²) in [5.41, 5.74) is 0.916. The van der Waals surface area contributed by atoms with Gasteiger partial charge in [-0.2, -0.15) is 4.99 Å². The average Bonchev–Trinajstić information content (AvgIpc) is 3.05. The molecular formula is C21H25N3O3S2. The minimum absolute atomic E-state index is 0.00828. The Bertz CT molecular complexity index is 981. The number of methoxy groups -OCH3 is 1. The third-order valence-corrected chi connectivity index (χ3v) is 6.75. The second kappa shape index (κ2) is 10.5. The SMILES string of the molecule is C#CCn1c(=NC(=O)CSCC(=O)NC2CCCCC2)sc2cc(OC)ccc21. The van der Waals surface area contributed by atoms with Gasteiger partial charge in [-0.3, -0.25) is 9.59 Å². The van der Waals surface area contributed by atoms with Crippen molar-refractivity contribution in [3.8, 4) is 18.1 Å². The van der Waals surface area contributed by atoms with E-state index in [0.717, 1.165) is 28.8 Å². The van der Waals surface area contributed by atoms with E-state index in [2.05, 4.69) is 16.2 Å². The van der Waals surface area contributed by atoms with Crippen molar-refractivity contribution in [2.45, 2.75) is 44.7 Å². The van der Waals surface area contributed by atoms with Gasteiger partial charge >= 0.3 is 0 Å². The van der Waals surface area contributed by atoms with Crippen LogP contribution in [0, 0.1) is 12.3 Å². The van der Waals surface area contributed by atoms with Crippen LogP contribution in [0.5, 0.6) is 5.75 Å². The standard InChI is InChI=1S/C21H25N3O3S2/c1-3-11-24-17-10-9-16(27-2)12-18(17)29-21(24)23-20(26)14-28-13-19(25)22-15-7-5-4-6-8-15/h1,9-10,12,15H,4-8,11,13-14H2,2H3,(H,22,25). The number of amides is 2. The first-order valence-corrected chi connectivity index (χ1v) is 11.6.